The maximum atomic E-state index is 11.9. The average molecular weight is 307 g/mol. The lowest BCUT2D eigenvalue weighted by molar-refractivity contribution is -0.380. The summed E-state index contributed by atoms with van der Waals surface area (Å²) in [7, 11) is 0. The van der Waals surface area contributed by atoms with Crippen molar-refractivity contribution in [2.24, 2.45) is 0 Å². The topological polar surface area (TPSA) is 63.5 Å². The predicted molar refractivity (Wildman–Crippen MR) is 66.3 cm³/mol. The van der Waals surface area contributed by atoms with E-state index in [2.05, 4.69) is 15.9 Å². The largest absolute Gasteiger partial charge is 0.337 e. The van der Waals surface area contributed by atoms with Gasteiger partial charge in [0.2, 0.25) is 0 Å². The Morgan fingerprint density at radius 3 is 2.75 bits per heavy atom. The van der Waals surface area contributed by atoms with Crippen LogP contribution in [0.15, 0.2) is 12.1 Å². The molecule has 0 saturated carbocycles. The first-order chi connectivity index (χ1) is 7.60. The second-order valence-corrected chi connectivity index (χ2v) is 4.82. The number of hydrogen-bond acceptors (Lipinski definition) is 4. The Hall–Kier alpha value is -0.950. The van der Waals surface area contributed by atoms with Gasteiger partial charge < -0.3 is 4.90 Å². The van der Waals surface area contributed by atoms with Gasteiger partial charge >= 0.3 is 5.00 Å². The number of rotatable bonds is 5. The first-order valence-corrected chi connectivity index (χ1v) is 6.63. The molecular weight excluding hydrogens is 296 g/mol. The first kappa shape index (κ1) is 13.1. The Balaban J connectivity index is 2.82. The van der Waals surface area contributed by atoms with E-state index in [1.54, 1.807) is 4.90 Å². The Morgan fingerprint density at radius 2 is 2.31 bits per heavy atom. The number of nitro groups is 1. The molecule has 0 N–H and O–H groups in total. The van der Waals surface area contributed by atoms with Gasteiger partial charge in [-0.1, -0.05) is 27.3 Å². The maximum absolute atomic E-state index is 11.9. The number of carbonyl (C=O) groups is 1. The highest BCUT2D eigenvalue weighted by Gasteiger charge is 2.19. The number of thiophene rings is 1. The zero-order chi connectivity index (χ0) is 12.1. The van der Waals surface area contributed by atoms with Crippen LogP contribution in [0.5, 0.6) is 0 Å². The molecule has 0 unspecified atom stereocenters. The molecule has 1 amide bonds. The molecule has 0 aromatic carbocycles. The molecule has 0 atom stereocenters. The summed E-state index contributed by atoms with van der Waals surface area (Å²) in [4.78, 5) is 24.0. The number of alkyl halides is 1. The summed E-state index contributed by atoms with van der Waals surface area (Å²) in [5.74, 6) is -0.153. The van der Waals surface area contributed by atoms with E-state index in [1.165, 1.54) is 12.1 Å². The quantitative estimate of drug-likeness (QED) is 0.477. The van der Waals surface area contributed by atoms with Crippen LogP contribution in [-0.4, -0.2) is 34.2 Å². The molecule has 88 valence electrons. The number of amides is 1. The van der Waals surface area contributed by atoms with Crippen LogP contribution in [0, 0.1) is 10.1 Å². The number of carbonyl (C=O) groups excluding carboxylic acids is 1. The fraction of sp³-hybridized carbons (Fsp3) is 0.444. The lowest BCUT2D eigenvalue weighted by atomic mass is 10.4. The summed E-state index contributed by atoms with van der Waals surface area (Å²) < 4.78 is 0. The maximum Gasteiger partial charge on any atom is 0.324 e. The van der Waals surface area contributed by atoms with Gasteiger partial charge in [0.05, 0.1) is 9.80 Å². The van der Waals surface area contributed by atoms with E-state index in [-0.39, 0.29) is 10.9 Å². The first-order valence-electron chi connectivity index (χ1n) is 4.69. The second-order valence-electron chi connectivity index (χ2n) is 2.97. The van der Waals surface area contributed by atoms with Crippen LogP contribution >= 0.6 is 27.3 Å². The minimum atomic E-state index is -0.484. The normalized spacial score (nSPS) is 10.1. The molecule has 0 spiro atoms. The lowest BCUT2D eigenvalue weighted by Crippen LogP contribution is -2.31. The van der Waals surface area contributed by atoms with E-state index in [4.69, 9.17) is 0 Å². The smallest absolute Gasteiger partial charge is 0.324 e. The van der Waals surface area contributed by atoms with Crippen molar-refractivity contribution in [3.8, 4) is 0 Å². The van der Waals surface area contributed by atoms with E-state index in [0.29, 0.717) is 23.3 Å². The molecule has 0 fully saturated rings. The van der Waals surface area contributed by atoms with Crippen LogP contribution in [0.2, 0.25) is 0 Å². The van der Waals surface area contributed by atoms with Crippen molar-refractivity contribution >= 4 is 38.2 Å². The van der Waals surface area contributed by atoms with Crippen molar-refractivity contribution in [2.75, 3.05) is 18.4 Å². The average Bonchev–Trinajstić information content (AvgIpc) is 2.74. The Morgan fingerprint density at radius 1 is 1.62 bits per heavy atom. The molecule has 1 aromatic heterocycles. The van der Waals surface area contributed by atoms with E-state index in [0.717, 1.165) is 11.3 Å². The molecule has 0 radical (unpaired) electrons. The van der Waals surface area contributed by atoms with Gasteiger partial charge in [0, 0.05) is 24.5 Å². The van der Waals surface area contributed by atoms with Gasteiger partial charge in [-0.15, -0.1) is 0 Å². The molecule has 5 nitrogen and oxygen atoms in total. The highest BCUT2D eigenvalue weighted by molar-refractivity contribution is 9.09. The van der Waals surface area contributed by atoms with E-state index in [9.17, 15) is 14.9 Å². The van der Waals surface area contributed by atoms with Crippen LogP contribution in [0.3, 0.4) is 0 Å². The van der Waals surface area contributed by atoms with Crippen LogP contribution in [0.4, 0.5) is 5.00 Å². The van der Waals surface area contributed by atoms with Crippen LogP contribution < -0.4 is 0 Å². The van der Waals surface area contributed by atoms with Crippen molar-refractivity contribution in [2.45, 2.75) is 6.92 Å². The van der Waals surface area contributed by atoms with Gasteiger partial charge in [0.1, 0.15) is 0 Å². The molecule has 0 aliphatic heterocycles. The third-order valence-electron chi connectivity index (χ3n) is 2.01. The molecule has 1 heterocycles. The fourth-order valence-electron chi connectivity index (χ4n) is 1.20. The minimum Gasteiger partial charge on any atom is -0.337 e. The van der Waals surface area contributed by atoms with Gasteiger partial charge in [0.25, 0.3) is 5.91 Å². The zero-order valence-corrected chi connectivity index (χ0v) is 11.1. The Kier molecular flexibility index (Phi) is 4.88. The monoisotopic (exact) mass is 306 g/mol. The molecule has 1 rings (SSSR count). The number of nitrogens with zero attached hydrogens (tertiary/aromatic N) is 2. The van der Waals surface area contributed by atoms with Gasteiger partial charge in [-0.05, 0) is 13.0 Å². The summed E-state index contributed by atoms with van der Waals surface area (Å²) >= 11 is 4.17. The van der Waals surface area contributed by atoms with Crippen molar-refractivity contribution < 1.29 is 9.72 Å². The summed E-state index contributed by atoms with van der Waals surface area (Å²) in [5.41, 5.74) is 0. The SMILES string of the molecule is CCN(CCBr)C(=O)c1ccc([N+](=O)[O-])s1. The molecule has 0 aliphatic carbocycles. The molecular formula is C9H11BrN2O3S. The van der Waals surface area contributed by atoms with Gasteiger partial charge in [0.15, 0.2) is 0 Å². The summed E-state index contributed by atoms with van der Waals surface area (Å²) in [6.45, 7) is 3.07. The summed E-state index contributed by atoms with van der Waals surface area (Å²) in [5, 5.41) is 11.2. The van der Waals surface area contributed by atoms with Crippen molar-refractivity contribution in [1.29, 1.82) is 0 Å². The van der Waals surface area contributed by atoms with E-state index in [1.807, 2.05) is 6.92 Å². The van der Waals surface area contributed by atoms with Gasteiger partial charge in [-0.2, -0.15) is 0 Å². The third-order valence-corrected chi connectivity index (χ3v) is 3.39. The predicted octanol–water partition coefficient (Wildman–Crippen LogP) is 2.51. The lowest BCUT2D eigenvalue weighted by Gasteiger charge is -2.18. The Bertz CT molecular complexity index is 394. The van der Waals surface area contributed by atoms with E-state index < -0.39 is 4.92 Å². The second kappa shape index (κ2) is 5.95. The molecule has 1 aromatic rings. The third kappa shape index (κ3) is 3.02. The highest BCUT2D eigenvalue weighted by Crippen LogP contribution is 2.24. The van der Waals surface area contributed by atoms with Crippen molar-refractivity contribution in [3.63, 3.8) is 0 Å². The van der Waals surface area contributed by atoms with Crippen LogP contribution in [0.25, 0.3) is 0 Å². The zero-order valence-electron chi connectivity index (χ0n) is 8.68. The van der Waals surface area contributed by atoms with E-state index >= 15 is 0 Å². The molecule has 16 heavy (non-hydrogen) atoms. The molecule has 0 bridgehead atoms. The van der Waals surface area contributed by atoms with Crippen LogP contribution in [-0.2, 0) is 0 Å². The minimum absolute atomic E-state index is 0.00162. The van der Waals surface area contributed by atoms with Gasteiger partial charge in [-0.25, -0.2) is 0 Å². The molecule has 0 saturated heterocycles. The van der Waals surface area contributed by atoms with Crippen LogP contribution in [0.1, 0.15) is 16.6 Å². The standard InChI is InChI=1S/C9H11BrN2O3S/c1-2-11(6-5-10)9(13)7-3-4-8(16-7)12(14)15/h3-4H,2,5-6H2,1H3. The fourth-order valence-corrected chi connectivity index (χ4v) is 2.42. The van der Waals surface area contributed by atoms with Gasteiger partial charge in [-0.3, -0.25) is 14.9 Å². The van der Waals surface area contributed by atoms with Crippen molar-refractivity contribution in [3.05, 3.63) is 27.1 Å². The number of halogens is 1. The Labute approximate surface area is 105 Å². The molecule has 7 heteroatoms. The summed E-state index contributed by atoms with van der Waals surface area (Å²) in [6.07, 6.45) is 0. The molecule has 0 aliphatic rings. The summed E-state index contributed by atoms with van der Waals surface area (Å²) in [6, 6.07) is 2.86. The van der Waals surface area contributed by atoms with Crippen molar-refractivity contribution in [1.82, 2.24) is 4.90 Å². The highest BCUT2D eigenvalue weighted by atomic mass is 79.9. The number of hydrogen-bond donors (Lipinski definition) is 0.